The summed E-state index contributed by atoms with van der Waals surface area (Å²) in [6, 6.07) is 7.41. The van der Waals surface area contributed by atoms with Crippen LogP contribution in [0.4, 0.5) is 0 Å². The number of hydrogen-bond donors (Lipinski definition) is 1. The Balaban J connectivity index is 1.78. The van der Waals surface area contributed by atoms with Crippen LogP contribution in [0.15, 0.2) is 42.7 Å². The predicted octanol–water partition coefficient (Wildman–Crippen LogP) is 1.71. The van der Waals surface area contributed by atoms with Gasteiger partial charge >= 0.3 is 0 Å². The molecule has 0 saturated carbocycles. The van der Waals surface area contributed by atoms with E-state index in [1.165, 1.54) is 0 Å². The maximum Gasteiger partial charge on any atom is 0.262 e. The first-order chi connectivity index (χ1) is 12.4. The van der Waals surface area contributed by atoms with E-state index in [1.807, 2.05) is 33.0 Å². The Hall–Kier alpha value is -2.96. The van der Waals surface area contributed by atoms with Crippen LogP contribution in [0.2, 0.25) is 0 Å². The molecule has 1 aliphatic rings. The summed E-state index contributed by atoms with van der Waals surface area (Å²) in [5.41, 5.74) is 0.695. The van der Waals surface area contributed by atoms with Gasteiger partial charge in [0, 0.05) is 18.4 Å². The number of imide groups is 1. The van der Waals surface area contributed by atoms with Gasteiger partial charge in [-0.1, -0.05) is 26.0 Å². The lowest BCUT2D eigenvalue weighted by Crippen LogP contribution is -2.54. The van der Waals surface area contributed by atoms with E-state index in [0.717, 1.165) is 4.90 Å². The number of nitrogens with one attached hydrogen (secondary N) is 1. The summed E-state index contributed by atoms with van der Waals surface area (Å²) in [4.78, 5) is 39.4. The second kappa shape index (κ2) is 7.11. The van der Waals surface area contributed by atoms with E-state index in [0.29, 0.717) is 17.7 Å². The highest BCUT2D eigenvalue weighted by Gasteiger charge is 2.44. The van der Waals surface area contributed by atoms with Gasteiger partial charge in [0.25, 0.3) is 11.8 Å². The number of nitrogens with zero attached hydrogens (tertiary/aromatic N) is 3. The average molecular weight is 354 g/mol. The topological polar surface area (TPSA) is 84.3 Å². The van der Waals surface area contributed by atoms with Crippen molar-refractivity contribution in [2.75, 3.05) is 0 Å². The molecule has 0 bridgehead atoms. The minimum Gasteiger partial charge on any atom is -0.350 e. The molecule has 0 saturated heterocycles. The second-order valence-corrected chi connectivity index (χ2v) is 6.85. The Morgan fingerprint density at radius 3 is 2.19 bits per heavy atom. The Morgan fingerprint density at radius 1 is 1.08 bits per heavy atom. The minimum absolute atomic E-state index is 0.196. The lowest BCUT2D eigenvalue weighted by atomic mass is 10.0. The number of benzene rings is 1. The highest BCUT2D eigenvalue weighted by atomic mass is 16.2. The van der Waals surface area contributed by atoms with Crippen LogP contribution in [0.1, 0.15) is 41.5 Å². The molecular formula is C19H22N4O3. The van der Waals surface area contributed by atoms with E-state index in [4.69, 9.17) is 0 Å². The van der Waals surface area contributed by atoms with Crippen molar-refractivity contribution in [3.63, 3.8) is 0 Å². The number of carbonyl (C=O) groups excluding carboxylic acids is 3. The van der Waals surface area contributed by atoms with Gasteiger partial charge in [-0.05, 0) is 31.0 Å². The van der Waals surface area contributed by atoms with Crippen molar-refractivity contribution in [2.45, 2.75) is 39.4 Å². The standard InChI is InChI=1S/C19H22N4O3/c1-12(2)16(17(24)21-13(3)11-22-10-6-9-20-22)23-18(25)14-7-4-5-8-15(14)19(23)26/h4-10,12-13,16H,11H2,1-3H3,(H,21,24). The van der Waals surface area contributed by atoms with Gasteiger partial charge in [-0.25, -0.2) is 0 Å². The second-order valence-electron chi connectivity index (χ2n) is 6.85. The number of amides is 3. The maximum atomic E-state index is 12.9. The van der Waals surface area contributed by atoms with Crippen molar-refractivity contribution in [3.05, 3.63) is 53.9 Å². The number of aromatic nitrogens is 2. The molecule has 0 fully saturated rings. The summed E-state index contributed by atoms with van der Waals surface area (Å²) in [5.74, 6) is -1.39. The third-order valence-corrected chi connectivity index (χ3v) is 4.41. The van der Waals surface area contributed by atoms with Crippen LogP contribution >= 0.6 is 0 Å². The van der Waals surface area contributed by atoms with Crippen molar-refractivity contribution in [2.24, 2.45) is 5.92 Å². The summed E-state index contributed by atoms with van der Waals surface area (Å²) >= 11 is 0. The molecule has 2 unspecified atom stereocenters. The van der Waals surface area contributed by atoms with Crippen molar-refractivity contribution in [3.8, 4) is 0 Å². The molecule has 2 aromatic rings. The van der Waals surface area contributed by atoms with Crippen LogP contribution in [-0.2, 0) is 11.3 Å². The molecular weight excluding hydrogens is 332 g/mol. The molecule has 3 amide bonds. The molecule has 2 heterocycles. The van der Waals surface area contributed by atoms with Crippen LogP contribution in [0, 0.1) is 5.92 Å². The van der Waals surface area contributed by atoms with Gasteiger partial charge in [0.05, 0.1) is 17.7 Å². The molecule has 7 nitrogen and oxygen atoms in total. The predicted molar refractivity (Wildman–Crippen MR) is 95.4 cm³/mol. The summed E-state index contributed by atoms with van der Waals surface area (Å²) in [6.07, 6.45) is 3.48. The zero-order valence-electron chi connectivity index (χ0n) is 15.0. The van der Waals surface area contributed by atoms with Crippen LogP contribution in [-0.4, -0.2) is 44.5 Å². The van der Waals surface area contributed by atoms with Crippen molar-refractivity contribution in [1.29, 1.82) is 0 Å². The zero-order valence-corrected chi connectivity index (χ0v) is 15.0. The van der Waals surface area contributed by atoms with Gasteiger partial charge in [-0.2, -0.15) is 5.10 Å². The Labute approximate surface area is 152 Å². The van der Waals surface area contributed by atoms with Gasteiger partial charge < -0.3 is 5.32 Å². The Bertz CT molecular complexity index is 794. The molecule has 7 heteroatoms. The van der Waals surface area contributed by atoms with E-state index in [2.05, 4.69) is 10.4 Å². The maximum absolute atomic E-state index is 12.9. The summed E-state index contributed by atoms with van der Waals surface area (Å²) in [7, 11) is 0. The minimum atomic E-state index is -0.859. The zero-order chi connectivity index (χ0) is 18.8. The first-order valence-electron chi connectivity index (χ1n) is 8.65. The van der Waals surface area contributed by atoms with Crippen LogP contribution < -0.4 is 5.32 Å². The lowest BCUT2D eigenvalue weighted by molar-refractivity contribution is -0.127. The number of carbonyl (C=O) groups is 3. The number of hydrogen-bond acceptors (Lipinski definition) is 4. The fourth-order valence-electron chi connectivity index (χ4n) is 3.24. The first-order valence-corrected chi connectivity index (χ1v) is 8.65. The summed E-state index contributed by atoms with van der Waals surface area (Å²) in [5, 5.41) is 7.02. The summed E-state index contributed by atoms with van der Waals surface area (Å²) < 4.78 is 1.72. The quantitative estimate of drug-likeness (QED) is 0.801. The van der Waals surface area contributed by atoms with Gasteiger partial charge in [0.15, 0.2) is 0 Å². The molecule has 1 aliphatic heterocycles. The number of fused-ring (bicyclic) bond motifs is 1. The average Bonchev–Trinajstić information content (AvgIpc) is 3.17. The fourth-order valence-corrected chi connectivity index (χ4v) is 3.24. The normalized spacial score (nSPS) is 15.9. The molecule has 0 radical (unpaired) electrons. The van der Waals surface area contributed by atoms with Gasteiger partial charge in [-0.15, -0.1) is 0 Å². The lowest BCUT2D eigenvalue weighted by Gasteiger charge is -2.29. The molecule has 1 aromatic carbocycles. The van der Waals surface area contributed by atoms with Crippen molar-refractivity contribution >= 4 is 17.7 Å². The molecule has 2 atom stereocenters. The molecule has 3 rings (SSSR count). The van der Waals surface area contributed by atoms with Crippen molar-refractivity contribution < 1.29 is 14.4 Å². The molecule has 136 valence electrons. The van der Waals surface area contributed by atoms with E-state index < -0.39 is 17.9 Å². The smallest absolute Gasteiger partial charge is 0.262 e. The molecule has 0 aliphatic carbocycles. The van der Waals surface area contributed by atoms with Crippen LogP contribution in [0.25, 0.3) is 0 Å². The summed E-state index contributed by atoms with van der Waals surface area (Å²) in [6.45, 7) is 6.02. The van der Waals surface area contributed by atoms with Crippen molar-refractivity contribution in [1.82, 2.24) is 20.0 Å². The first kappa shape index (κ1) is 17.8. The SMILES string of the molecule is CC(Cn1cccn1)NC(=O)C(C(C)C)N1C(=O)c2ccccc2C1=O. The largest absolute Gasteiger partial charge is 0.350 e. The van der Waals surface area contributed by atoms with E-state index >= 15 is 0 Å². The third-order valence-electron chi connectivity index (χ3n) is 4.41. The van der Waals surface area contributed by atoms with Crippen LogP contribution in [0.3, 0.4) is 0 Å². The van der Waals surface area contributed by atoms with Crippen LogP contribution in [0.5, 0.6) is 0 Å². The molecule has 1 aromatic heterocycles. The third kappa shape index (κ3) is 3.24. The Morgan fingerprint density at radius 2 is 1.69 bits per heavy atom. The molecule has 0 spiro atoms. The van der Waals surface area contributed by atoms with E-state index in [9.17, 15) is 14.4 Å². The fraction of sp³-hybridized carbons (Fsp3) is 0.368. The highest BCUT2D eigenvalue weighted by Crippen LogP contribution is 2.27. The number of rotatable bonds is 6. The molecule has 26 heavy (non-hydrogen) atoms. The van der Waals surface area contributed by atoms with Gasteiger partial charge in [0.1, 0.15) is 6.04 Å². The van der Waals surface area contributed by atoms with Gasteiger partial charge in [-0.3, -0.25) is 24.0 Å². The monoisotopic (exact) mass is 354 g/mol. The van der Waals surface area contributed by atoms with E-state index in [-0.39, 0.29) is 17.9 Å². The van der Waals surface area contributed by atoms with E-state index in [1.54, 1.807) is 35.1 Å². The highest BCUT2D eigenvalue weighted by molar-refractivity contribution is 6.22. The van der Waals surface area contributed by atoms with Gasteiger partial charge in [0.2, 0.25) is 5.91 Å². The Kier molecular flexibility index (Phi) is 4.88. The molecule has 1 N–H and O–H groups in total.